The topological polar surface area (TPSA) is 246 Å². The van der Waals surface area contributed by atoms with Gasteiger partial charge in [0.05, 0.1) is 59.6 Å². The number of hydrogen-bond acceptors (Lipinski definition) is 19. The molecule has 544 valence electrons. The van der Waals surface area contributed by atoms with Crippen molar-refractivity contribution < 1.29 is 28.4 Å². The number of para-hydroxylation sites is 3. The van der Waals surface area contributed by atoms with Gasteiger partial charge in [-0.05, 0) is 133 Å². The Hall–Kier alpha value is -11.8. The molecule has 6 aromatic carbocycles. The number of nitrogens with zero attached hydrogens (tertiary/aromatic N) is 13. The molecule has 0 radical (unpaired) electrons. The van der Waals surface area contributed by atoms with Crippen LogP contribution in [-0.4, -0.2) is 164 Å². The number of nitrogens with two attached hydrogens (primary N) is 1. The number of hydrogen-bond donors (Lipinski definition) is 4. The molecule has 0 spiro atoms. The third-order valence-corrected chi connectivity index (χ3v) is 17.5. The van der Waals surface area contributed by atoms with Crippen molar-refractivity contribution in [3.8, 4) is 50.6 Å². The minimum Gasteiger partial charge on any atom is -0.494 e. The minimum atomic E-state index is -0.963. The number of aromatic nitrogens is 6. The van der Waals surface area contributed by atoms with Crippen LogP contribution in [0.25, 0.3) is 66.1 Å². The maximum absolute atomic E-state index is 13.9. The van der Waals surface area contributed by atoms with Crippen molar-refractivity contribution in [3.63, 3.8) is 0 Å². The van der Waals surface area contributed by atoms with Gasteiger partial charge in [-0.2, -0.15) is 4.39 Å². The first-order valence-electron chi connectivity index (χ1n) is 33.9. The Morgan fingerprint density at radius 1 is 0.462 bits per heavy atom. The van der Waals surface area contributed by atoms with Crippen molar-refractivity contribution in [1.82, 2.24) is 43.4 Å². The summed E-state index contributed by atoms with van der Waals surface area (Å²) < 4.78 is 36.6. The first kappa shape index (κ1) is 76.4. The Bertz CT molecular complexity index is 4940. The van der Waals surface area contributed by atoms with E-state index in [1.165, 1.54) is 49.0 Å². The lowest BCUT2D eigenvalue weighted by molar-refractivity contribution is -0.387. The molecule has 0 amide bonds. The number of halogens is 1. The van der Waals surface area contributed by atoms with E-state index < -0.39 is 16.4 Å². The molecule has 0 aliphatic carbocycles. The number of nitrogens with one attached hydrogen (secondary N) is 3. The first-order valence-corrected chi connectivity index (χ1v) is 33.9. The Balaban J connectivity index is 0.000000173. The summed E-state index contributed by atoms with van der Waals surface area (Å²) in [6, 6.07) is 45.5. The van der Waals surface area contributed by atoms with Gasteiger partial charge in [0.25, 0.3) is 5.69 Å². The summed E-state index contributed by atoms with van der Waals surface area (Å²) in [5.41, 5.74) is 19.2. The van der Waals surface area contributed by atoms with Gasteiger partial charge in [-0.15, -0.1) is 0 Å². The van der Waals surface area contributed by atoms with Crippen molar-refractivity contribution >= 4 is 95.7 Å². The van der Waals surface area contributed by atoms with Gasteiger partial charge < -0.3 is 74.1 Å². The number of likely N-dealkylation sites (N-methyl/N-ethyl adjacent to an activating group) is 4. The summed E-state index contributed by atoms with van der Waals surface area (Å²) in [5, 5.41) is 36.1. The van der Waals surface area contributed by atoms with Crippen molar-refractivity contribution in [2.24, 2.45) is 21.1 Å². The second kappa shape index (κ2) is 35.2. The molecule has 0 aliphatic rings. The van der Waals surface area contributed by atoms with Crippen LogP contribution >= 0.6 is 0 Å². The van der Waals surface area contributed by atoms with Gasteiger partial charge in [0.2, 0.25) is 5.82 Å². The van der Waals surface area contributed by atoms with Gasteiger partial charge in [-0.1, -0.05) is 67.9 Å². The lowest BCUT2D eigenvalue weighted by atomic mass is 10.1. The molecule has 24 nitrogen and oxygen atoms in total. The average Bonchev–Trinajstić information content (AvgIpc) is 1.62. The number of methoxy groups -OCH3 is 3. The van der Waals surface area contributed by atoms with Crippen molar-refractivity contribution in [2.75, 3.05) is 142 Å². The molecule has 0 saturated carbocycles. The summed E-state index contributed by atoms with van der Waals surface area (Å²) in [6.45, 7) is 6.64. The summed E-state index contributed by atoms with van der Waals surface area (Å²) in [7, 11) is 26.8. The number of pyridine rings is 3. The van der Waals surface area contributed by atoms with E-state index in [0.717, 1.165) is 98.6 Å². The van der Waals surface area contributed by atoms with Gasteiger partial charge in [-0.25, -0.2) is 15.0 Å². The molecule has 0 saturated heterocycles. The highest BCUT2D eigenvalue weighted by Crippen LogP contribution is 2.42. The van der Waals surface area contributed by atoms with Gasteiger partial charge in [0, 0.05) is 178 Å². The van der Waals surface area contributed by atoms with E-state index >= 15 is 0 Å². The molecular formula is C79H94FN17O7. The maximum Gasteiger partial charge on any atom is 0.307 e. The third-order valence-electron chi connectivity index (χ3n) is 17.5. The third kappa shape index (κ3) is 18.8. The Labute approximate surface area is 606 Å². The average molecular weight is 1410 g/mol. The van der Waals surface area contributed by atoms with Crippen LogP contribution in [0.4, 0.5) is 67.3 Å². The van der Waals surface area contributed by atoms with Crippen LogP contribution in [0.1, 0.15) is 19.8 Å². The van der Waals surface area contributed by atoms with Crippen LogP contribution in [0.15, 0.2) is 183 Å². The number of anilines is 9. The molecule has 6 heterocycles. The molecule has 0 unspecified atom stereocenters. The standard InChI is InChI=1S/C26H30N6O3.C26H32N6O.C21H17FN4O3.C6H15N/c1-29(2)12-13-30(3)23-16-25(35-5)21(15-24(23)32(33)34)28-26-14-18(10-11-27-26)20-17-31(4)22-9-7-6-8-19(20)22;1-30(2)12-13-31(3)24-16-25(33-5)22(15-21(24)27)29-26-14-18(10-11-28-26)20-17-32(4)23-9-7-6-8-19(20)23;1-25-12-15(14-5-3-4-6-18(14)25)13-7-8-23-21(9-13)24-17-11-19(26(27)28)16(22)10-20(17)29-2;1-4-5-6-7(2)3/h6-11,14-17H,12-13H2,1-5H3,(H,27,28);6-11,14-17H,12-13,27H2,1-5H3,(H,28,29);3-12H,1-2H3,(H,23,24);4-6H2,1-3H3. The van der Waals surface area contributed by atoms with Gasteiger partial charge in [-0.3, -0.25) is 20.2 Å². The van der Waals surface area contributed by atoms with E-state index in [9.17, 15) is 24.6 Å². The quantitative estimate of drug-likeness (QED) is 0.0236. The molecule has 12 rings (SSSR count). The Morgan fingerprint density at radius 3 is 1.16 bits per heavy atom. The molecule has 25 heteroatoms. The second-order valence-corrected chi connectivity index (χ2v) is 26.0. The summed E-state index contributed by atoms with van der Waals surface area (Å²) in [4.78, 5) is 45.5. The molecule has 5 N–H and O–H groups in total. The number of nitro groups is 2. The fraction of sp³-hybridized carbons (Fsp3) is 0.278. The van der Waals surface area contributed by atoms with E-state index in [1.807, 2.05) is 148 Å². The highest BCUT2D eigenvalue weighted by molar-refractivity contribution is 5.99. The fourth-order valence-electron chi connectivity index (χ4n) is 12.0. The summed E-state index contributed by atoms with van der Waals surface area (Å²) >= 11 is 0. The van der Waals surface area contributed by atoms with E-state index in [4.69, 9.17) is 19.9 Å². The number of rotatable bonds is 25. The predicted molar refractivity (Wildman–Crippen MR) is 422 cm³/mol. The Kier molecular flexibility index (Phi) is 25.8. The van der Waals surface area contributed by atoms with Crippen LogP contribution in [0.5, 0.6) is 17.2 Å². The van der Waals surface area contributed by atoms with E-state index in [2.05, 4.69) is 152 Å². The highest BCUT2D eigenvalue weighted by atomic mass is 19.1. The van der Waals surface area contributed by atoms with E-state index in [-0.39, 0.29) is 22.0 Å². The monoisotopic (exact) mass is 1410 g/mol. The normalized spacial score (nSPS) is 11.0. The summed E-state index contributed by atoms with van der Waals surface area (Å²) in [5.74, 6) is 2.14. The van der Waals surface area contributed by atoms with E-state index in [1.54, 1.807) is 32.7 Å². The zero-order valence-corrected chi connectivity index (χ0v) is 61.9. The fourth-order valence-corrected chi connectivity index (χ4v) is 12.0. The minimum absolute atomic E-state index is 0.000218. The van der Waals surface area contributed by atoms with Crippen molar-refractivity contribution in [1.29, 1.82) is 0 Å². The number of nitro benzene ring substituents is 2. The van der Waals surface area contributed by atoms with Crippen LogP contribution in [0.2, 0.25) is 0 Å². The number of fused-ring (bicyclic) bond motifs is 3. The molecule has 0 fully saturated rings. The molecule has 104 heavy (non-hydrogen) atoms. The lowest BCUT2D eigenvalue weighted by Crippen LogP contribution is -2.29. The first-order chi connectivity index (χ1) is 49.9. The zero-order chi connectivity index (χ0) is 74.9. The molecule has 12 aromatic rings. The molecular weight excluding hydrogens is 1320 g/mol. The van der Waals surface area contributed by atoms with Gasteiger partial charge in [0.1, 0.15) is 40.4 Å². The van der Waals surface area contributed by atoms with Crippen LogP contribution in [-0.2, 0) is 21.1 Å². The van der Waals surface area contributed by atoms with Crippen molar-refractivity contribution in [2.45, 2.75) is 19.8 Å². The SMILES string of the molecule is CCCCN(C)C.COc1cc(F)c([N+](=O)[O-])cc1Nc1cc(-c2cn(C)c3ccccc23)ccn1.COc1cc(N(C)CCN(C)C)c(N)cc1Nc1cc(-c2cn(C)c3ccccc23)ccn1.COc1cc(N(C)CCN(C)C)c([N+](=O)[O-])cc1Nc1cc(-c2cn(C)c3ccccc23)ccn1. The maximum atomic E-state index is 13.9. The number of unbranched alkanes of at least 4 members (excludes halogenated alkanes) is 1. The van der Waals surface area contributed by atoms with Crippen LogP contribution < -0.4 is 45.7 Å². The second-order valence-electron chi connectivity index (χ2n) is 26.0. The zero-order valence-electron chi connectivity index (χ0n) is 61.9. The van der Waals surface area contributed by atoms with Crippen LogP contribution in [0.3, 0.4) is 0 Å². The molecule has 6 aromatic heterocycles. The lowest BCUT2D eigenvalue weighted by Gasteiger charge is -2.24. The number of nitrogen functional groups attached to an aromatic ring is 1. The smallest absolute Gasteiger partial charge is 0.307 e. The molecule has 0 bridgehead atoms. The highest BCUT2D eigenvalue weighted by Gasteiger charge is 2.24. The summed E-state index contributed by atoms with van der Waals surface area (Å²) in [6.07, 6.45) is 14.1. The van der Waals surface area contributed by atoms with Gasteiger partial charge in [0.15, 0.2) is 0 Å². The van der Waals surface area contributed by atoms with Gasteiger partial charge >= 0.3 is 5.69 Å². The number of aryl methyl sites for hydroxylation is 3. The van der Waals surface area contributed by atoms with E-state index in [0.29, 0.717) is 46.7 Å². The molecule has 0 aliphatic heterocycles. The molecule has 0 atom stereocenters. The number of benzene rings is 6. The van der Waals surface area contributed by atoms with Crippen molar-refractivity contribution in [3.05, 3.63) is 209 Å². The Morgan fingerprint density at radius 2 is 0.808 bits per heavy atom. The largest absolute Gasteiger partial charge is 0.494 e. The van der Waals surface area contributed by atoms with Crippen LogP contribution in [0, 0.1) is 26.0 Å². The predicted octanol–water partition coefficient (Wildman–Crippen LogP) is 15.9. The number of ether oxygens (including phenoxy) is 3.